The number of nitrogens with zero attached hydrogens (tertiary/aromatic N) is 2. The summed E-state index contributed by atoms with van der Waals surface area (Å²) in [7, 11) is 1.84. The van der Waals surface area contributed by atoms with Crippen LogP contribution in [-0.4, -0.2) is 9.78 Å². The van der Waals surface area contributed by atoms with Crippen molar-refractivity contribution in [3.8, 4) is 0 Å². The lowest BCUT2D eigenvalue weighted by atomic mass is 10.0. The van der Waals surface area contributed by atoms with Crippen LogP contribution < -0.4 is 0 Å². The SMILES string of the molecule is Cc1nn(C)c2cc(F)c(C(C)C)cc12. The van der Waals surface area contributed by atoms with Gasteiger partial charge in [-0.3, -0.25) is 4.68 Å². The summed E-state index contributed by atoms with van der Waals surface area (Å²) in [6.07, 6.45) is 0. The normalized spacial score (nSPS) is 11.6. The van der Waals surface area contributed by atoms with Gasteiger partial charge in [-0.1, -0.05) is 13.8 Å². The first kappa shape index (κ1) is 10.1. The molecule has 0 amide bonds. The minimum absolute atomic E-state index is 0.138. The summed E-state index contributed by atoms with van der Waals surface area (Å²) in [4.78, 5) is 0. The molecule has 0 aliphatic carbocycles. The molecule has 0 saturated carbocycles. The highest BCUT2D eigenvalue weighted by Crippen LogP contribution is 2.26. The second-order valence-corrected chi connectivity index (χ2v) is 4.25. The lowest BCUT2D eigenvalue weighted by Gasteiger charge is -2.07. The summed E-state index contributed by atoms with van der Waals surface area (Å²) >= 11 is 0. The van der Waals surface area contributed by atoms with E-state index in [9.17, 15) is 4.39 Å². The number of halogens is 1. The molecule has 0 aliphatic rings. The van der Waals surface area contributed by atoms with Gasteiger partial charge >= 0.3 is 0 Å². The highest BCUT2D eigenvalue weighted by atomic mass is 19.1. The van der Waals surface area contributed by atoms with Gasteiger partial charge in [-0.2, -0.15) is 5.10 Å². The highest BCUT2D eigenvalue weighted by molar-refractivity contribution is 5.82. The van der Waals surface area contributed by atoms with Crippen molar-refractivity contribution in [1.82, 2.24) is 9.78 Å². The Morgan fingerprint density at radius 3 is 2.60 bits per heavy atom. The third-order valence-corrected chi connectivity index (χ3v) is 2.78. The van der Waals surface area contributed by atoms with Gasteiger partial charge in [-0.25, -0.2) is 4.39 Å². The molecule has 1 heterocycles. The van der Waals surface area contributed by atoms with Crippen LogP contribution in [0.1, 0.15) is 31.0 Å². The van der Waals surface area contributed by atoms with Crippen LogP contribution in [0.5, 0.6) is 0 Å². The van der Waals surface area contributed by atoms with E-state index in [1.807, 2.05) is 33.9 Å². The van der Waals surface area contributed by atoms with Gasteiger partial charge in [0.15, 0.2) is 0 Å². The fourth-order valence-electron chi connectivity index (χ4n) is 1.91. The van der Waals surface area contributed by atoms with E-state index >= 15 is 0 Å². The third kappa shape index (κ3) is 1.52. The standard InChI is InChI=1S/C12H15FN2/c1-7(2)9-5-10-8(3)14-15(4)12(10)6-11(9)13/h5-7H,1-4H3. The van der Waals surface area contributed by atoms with Crippen LogP contribution in [-0.2, 0) is 7.05 Å². The largest absolute Gasteiger partial charge is 0.268 e. The van der Waals surface area contributed by atoms with Crippen LogP contribution in [0.3, 0.4) is 0 Å². The number of benzene rings is 1. The molecular weight excluding hydrogens is 191 g/mol. The average Bonchev–Trinajstić information content (AvgIpc) is 2.41. The molecule has 0 unspecified atom stereocenters. The van der Waals surface area contributed by atoms with Crippen molar-refractivity contribution >= 4 is 10.9 Å². The zero-order valence-corrected chi connectivity index (χ0v) is 9.50. The molecule has 0 bridgehead atoms. The third-order valence-electron chi connectivity index (χ3n) is 2.78. The maximum Gasteiger partial charge on any atom is 0.128 e. The molecule has 0 radical (unpaired) electrons. The van der Waals surface area contributed by atoms with Crippen molar-refractivity contribution in [2.75, 3.05) is 0 Å². The first-order valence-electron chi connectivity index (χ1n) is 5.13. The van der Waals surface area contributed by atoms with Gasteiger partial charge in [-0.15, -0.1) is 0 Å². The Balaban J connectivity index is 2.79. The molecule has 2 nitrogen and oxygen atoms in total. The fourth-order valence-corrected chi connectivity index (χ4v) is 1.91. The molecule has 15 heavy (non-hydrogen) atoms. The number of hydrogen-bond acceptors (Lipinski definition) is 1. The van der Waals surface area contributed by atoms with E-state index < -0.39 is 0 Å². The zero-order chi connectivity index (χ0) is 11.2. The van der Waals surface area contributed by atoms with Gasteiger partial charge < -0.3 is 0 Å². The number of fused-ring (bicyclic) bond motifs is 1. The number of aryl methyl sites for hydroxylation is 2. The Hall–Kier alpha value is -1.38. The first-order chi connectivity index (χ1) is 7.00. The Bertz CT molecular complexity index is 512. The highest BCUT2D eigenvalue weighted by Gasteiger charge is 2.12. The maximum atomic E-state index is 13.7. The second-order valence-electron chi connectivity index (χ2n) is 4.25. The predicted molar refractivity (Wildman–Crippen MR) is 59.5 cm³/mol. The second kappa shape index (κ2) is 3.33. The molecule has 2 rings (SSSR count). The molecule has 0 fully saturated rings. The quantitative estimate of drug-likeness (QED) is 0.700. The van der Waals surface area contributed by atoms with Crippen LogP contribution >= 0.6 is 0 Å². The smallest absolute Gasteiger partial charge is 0.128 e. The zero-order valence-electron chi connectivity index (χ0n) is 9.50. The Kier molecular flexibility index (Phi) is 2.25. The summed E-state index contributed by atoms with van der Waals surface area (Å²) in [5, 5.41) is 5.33. The van der Waals surface area contributed by atoms with Crippen LogP contribution in [0.4, 0.5) is 4.39 Å². The fraction of sp³-hybridized carbons (Fsp3) is 0.417. The van der Waals surface area contributed by atoms with Gasteiger partial charge in [0, 0.05) is 18.5 Å². The van der Waals surface area contributed by atoms with E-state index in [-0.39, 0.29) is 11.7 Å². The topological polar surface area (TPSA) is 17.8 Å². The van der Waals surface area contributed by atoms with E-state index in [0.29, 0.717) is 0 Å². The lowest BCUT2D eigenvalue weighted by Crippen LogP contribution is -1.94. The van der Waals surface area contributed by atoms with Crippen LogP contribution in [0, 0.1) is 12.7 Å². The maximum absolute atomic E-state index is 13.7. The van der Waals surface area contributed by atoms with Crippen LogP contribution in [0.15, 0.2) is 12.1 Å². The van der Waals surface area contributed by atoms with Crippen molar-refractivity contribution in [2.24, 2.45) is 7.05 Å². The van der Waals surface area contributed by atoms with Gasteiger partial charge in [0.1, 0.15) is 5.82 Å². The Morgan fingerprint density at radius 1 is 1.33 bits per heavy atom. The first-order valence-corrected chi connectivity index (χ1v) is 5.13. The molecule has 0 atom stereocenters. The molecule has 0 N–H and O–H groups in total. The van der Waals surface area contributed by atoms with Crippen LogP contribution in [0.2, 0.25) is 0 Å². The van der Waals surface area contributed by atoms with E-state index in [2.05, 4.69) is 5.10 Å². The van der Waals surface area contributed by atoms with Gasteiger partial charge in [-0.05, 0) is 24.5 Å². The van der Waals surface area contributed by atoms with E-state index in [1.54, 1.807) is 10.7 Å². The Morgan fingerprint density at radius 2 is 2.00 bits per heavy atom. The molecular formula is C12H15FN2. The minimum atomic E-state index is -0.138. The summed E-state index contributed by atoms with van der Waals surface area (Å²) in [5.74, 6) is 0.0644. The van der Waals surface area contributed by atoms with Crippen molar-refractivity contribution < 1.29 is 4.39 Å². The van der Waals surface area contributed by atoms with Crippen molar-refractivity contribution in [2.45, 2.75) is 26.7 Å². The van der Waals surface area contributed by atoms with E-state index in [0.717, 1.165) is 22.2 Å². The van der Waals surface area contributed by atoms with Crippen LogP contribution in [0.25, 0.3) is 10.9 Å². The molecule has 0 saturated heterocycles. The number of aromatic nitrogens is 2. The van der Waals surface area contributed by atoms with Gasteiger partial charge in [0.05, 0.1) is 11.2 Å². The molecule has 3 heteroatoms. The minimum Gasteiger partial charge on any atom is -0.268 e. The molecule has 80 valence electrons. The van der Waals surface area contributed by atoms with E-state index in [4.69, 9.17) is 0 Å². The average molecular weight is 206 g/mol. The molecule has 1 aromatic carbocycles. The van der Waals surface area contributed by atoms with Crippen molar-refractivity contribution in [1.29, 1.82) is 0 Å². The summed E-state index contributed by atoms with van der Waals surface area (Å²) in [6, 6.07) is 3.49. The monoisotopic (exact) mass is 206 g/mol. The van der Waals surface area contributed by atoms with Gasteiger partial charge in [0.25, 0.3) is 0 Å². The van der Waals surface area contributed by atoms with Gasteiger partial charge in [0.2, 0.25) is 0 Å². The number of hydrogen-bond donors (Lipinski definition) is 0. The summed E-state index contributed by atoms with van der Waals surface area (Å²) < 4.78 is 15.4. The Labute approximate surface area is 88.7 Å². The van der Waals surface area contributed by atoms with E-state index in [1.165, 1.54) is 0 Å². The molecule has 0 spiro atoms. The molecule has 1 aromatic heterocycles. The molecule has 2 aromatic rings. The molecule has 0 aliphatic heterocycles. The predicted octanol–water partition coefficient (Wildman–Crippen LogP) is 3.14. The number of rotatable bonds is 1. The van der Waals surface area contributed by atoms with Crippen molar-refractivity contribution in [3.63, 3.8) is 0 Å². The lowest BCUT2D eigenvalue weighted by molar-refractivity contribution is 0.599. The summed E-state index contributed by atoms with van der Waals surface area (Å²) in [5.41, 5.74) is 2.57. The van der Waals surface area contributed by atoms with Crippen molar-refractivity contribution in [3.05, 3.63) is 29.2 Å². The summed E-state index contributed by atoms with van der Waals surface area (Å²) in [6.45, 7) is 5.94.